The number of hydrogen-bond donors (Lipinski definition) is 2. The highest BCUT2D eigenvalue weighted by Gasteiger charge is 2.26. The van der Waals surface area contributed by atoms with Crippen LogP contribution in [0.4, 0.5) is 5.13 Å². The monoisotopic (exact) mass is 589 g/mol. The lowest BCUT2D eigenvalue weighted by Crippen LogP contribution is -2.20. The Hall–Kier alpha value is -3.85. The zero-order valence-electron chi connectivity index (χ0n) is 25.0. The minimum Gasteiger partial charge on any atom is -0.496 e. The molecule has 0 radical (unpaired) electrons. The first-order valence-electron chi connectivity index (χ1n) is 14.5. The molecule has 8 nitrogen and oxygen atoms in total. The number of hydrogen-bond acceptors (Lipinski definition) is 6. The van der Waals surface area contributed by atoms with Crippen LogP contribution in [0.1, 0.15) is 76.5 Å². The number of carboxylic acids is 1. The van der Waals surface area contributed by atoms with Gasteiger partial charge in [-0.2, -0.15) is 0 Å². The lowest BCUT2D eigenvalue weighted by molar-refractivity contribution is -0.137. The molecule has 0 unspecified atom stereocenters. The second kappa shape index (κ2) is 12.6. The number of nitrogens with zero attached hydrogens (tertiary/aromatic N) is 2. The Balaban J connectivity index is 1.20. The minimum absolute atomic E-state index is 0.286. The Bertz CT molecular complexity index is 1610. The molecule has 0 atom stereocenters. The van der Waals surface area contributed by atoms with E-state index in [1.165, 1.54) is 16.9 Å². The van der Waals surface area contributed by atoms with E-state index in [9.17, 15) is 14.7 Å². The van der Waals surface area contributed by atoms with Crippen molar-refractivity contribution < 1.29 is 24.2 Å². The SMILES string of the molecule is COc1cc(C2CCC(CCc3csc(NC(=O)c4c(C)c5cc(C)ccc5n4CC(=O)O)n3)CC2)c(OC)cc1C. The largest absolute Gasteiger partial charge is 0.496 e. The number of aryl methyl sites for hydroxylation is 4. The molecule has 1 aliphatic rings. The highest BCUT2D eigenvalue weighted by molar-refractivity contribution is 7.14. The first-order chi connectivity index (χ1) is 20.2. The third-order valence-electron chi connectivity index (χ3n) is 8.60. The van der Waals surface area contributed by atoms with E-state index in [1.54, 1.807) is 18.8 Å². The fourth-order valence-corrected chi connectivity index (χ4v) is 7.11. The maximum absolute atomic E-state index is 13.4. The summed E-state index contributed by atoms with van der Waals surface area (Å²) in [5.74, 6) is 1.62. The van der Waals surface area contributed by atoms with Gasteiger partial charge in [0, 0.05) is 21.8 Å². The van der Waals surface area contributed by atoms with Crippen LogP contribution >= 0.6 is 11.3 Å². The minimum atomic E-state index is -0.996. The van der Waals surface area contributed by atoms with E-state index < -0.39 is 5.97 Å². The van der Waals surface area contributed by atoms with Crippen LogP contribution in [0.3, 0.4) is 0 Å². The summed E-state index contributed by atoms with van der Waals surface area (Å²) in [6, 6.07) is 10.0. The standard InChI is InChI=1S/C33H39N3O5S/c1-19-6-13-27-25(14-19)21(3)31(36(27)17-30(37)38)32(39)35-33-34-24(18-42-33)12-9-22-7-10-23(11-8-22)26-16-28(40-4)20(2)15-29(26)41-5/h6,13-16,18,22-23H,7-12,17H2,1-5H3,(H,37,38)(H,34,35,39). The summed E-state index contributed by atoms with van der Waals surface area (Å²) in [5.41, 5.74) is 6.21. The molecule has 1 fully saturated rings. The van der Waals surface area contributed by atoms with Crippen molar-refractivity contribution in [2.45, 2.75) is 71.8 Å². The number of benzene rings is 2. The number of anilines is 1. The zero-order chi connectivity index (χ0) is 30.0. The summed E-state index contributed by atoms with van der Waals surface area (Å²) in [7, 11) is 3.45. The van der Waals surface area contributed by atoms with Crippen molar-refractivity contribution in [3.63, 3.8) is 0 Å². The lowest BCUT2D eigenvalue weighted by atomic mass is 9.76. The molecule has 222 valence electrons. The predicted molar refractivity (Wildman–Crippen MR) is 166 cm³/mol. The first kappa shape index (κ1) is 29.6. The molecule has 1 aliphatic carbocycles. The number of fused-ring (bicyclic) bond motifs is 1. The molecular formula is C33H39N3O5S. The number of thiazole rings is 1. The van der Waals surface area contributed by atoms with Gasteiger partial charge < -0.3 is 19.1 Å². The number of carbonyl (C=O) groups excluding carboxylic acids is 1. The van der Waals surface area contributed by atoms with Crippen LogP contribution in [-0.4, -0.2) is 40.8 Å². The Morgan fingerprint density at radius 1 is 1.05 bits per heavy atom. The average Bonchev–Trinajstić information content (AvgIpc) is 3.52. The smallest absolute Gasteiger partial charge is 0.323 e. The Morgan fingerprint density at radius 3 is 2.48 bits per heavy atom. The molecule has 1 amide bonds. The molecule has 0 bridgehead atoms. The normalized spacial score (nSPS) is 16.9. The van der Waals surface area contributed by atoms with Crippen molar-refractivity contribution in [2.75, 3.05) is 19.5 Å². The van der Waals surface area contributed by atoms with Crippen molar-refractivity contribution in [2.24, 2.45) is 5.92 Å². The van der Waals surface area contributed by atoms with Crippen LogP contribution in [0.2, 0.25) is 0 Å². The van der Waals surface area contributed by atoms with Gasteiger partial charge in [-0.25, -0.2) is 4.98 Å². The number of amides is 1. The summed E-state index contributed by atoms with van der Waals surface area (Å²) in [5, 5.41) is 15.9. The van der Waals surface area contributed by atoms with Gasteiger partial charge in [0.1, 0.15) is 23.7 Å². The third kappa shape index (κ3) is 6.16. The van der Waals surface area contributed by atoms with Gasteiger partial charge in [-0.3, -0.25) is 14.9 Å². The lowest BCUT2D eigenvalue weighted by Gasteiger charge is -2.30. The number of ether oxygens (including phenoxy) is 2. The van der Waals surface area contributed by atoms with Crippen LogP contribution in [0.5, 0.6) is 11.5 Å². The topological polar surface area (TPSA) is 103 Å². The molecular weight excluding hydrogens is 550 g/mol. The molecule has 4 aromatic rings. The molecule has 2 heterocycles. The highest BCUT2D eigenvalue weighted by Crippen LogP contribution is 2.43. The summed E-state index contributed by atoms with van der Waals surface area (Å²) in [6.45, 7) is 5.60. The number of aromatic nitrogens is 2. The first-order valence-corrected chi connectivity index (χ1v) is 15.4. The third-order valence-corrected chi connectivity index (χ3v) is 9.40. The second-order valence-corrected chi connectivity index (χ2v) is 12.3. The molecule has 2 aromatic heterocycles. The van der Waals surface area contributed by atoms with Crippen LogP contribution in [0, 0.1) is 26.7 Å². The van der Waals surface area contributed by atoms with Gasteiger partial charge in [0.25, 0.3) is 5.91 Å². The van der Waals surface area contributed by atoms with Gasteiger partial charge in [-0.05, 0) is 107 Å². The van der Waals surface area contributed by atoms with Crippen LogP contribution < -0.4 is 14.8 Å². The van der Waals surface area contributed by atoms with E-state index in [0.29, 0.717) is 22.7 Å². The molecule has 2 N–H and O–H groups in total. The zero-order valence-corrected chi connectivity index (χ0v) is 25.8. The van der Waals surface area contributed by atoms with E-state index >= 15 is 0 Å². The van der Waals surface area contributed by atoms with E-state index in [2.05, 4.69) is 17.4 Å². The fourth-order valence-electron chi connectivity index (χ4n) is 6.37. The summed E-state index contributed by atoms with van der Waals surface area (Å²) < 4.78 is 12.8. The van der Waals surface area contributed by atoms with Gasteiger partial charge >= 0.3 is 5.97 Å². The van der Waals surface area contributed by atoms with E-state index in [4.69, 9.17) is 14.5 Å². The second-order valence-electron chi connectivity index (χ2n) is 11.4. The van der Waals surface area contributed by atoms with Crippen molar-refractivity contribution in [3.8, 4) is 11.5 Å². The number of carbonyl (C=O) groups is 2. The van der Waals surface area contributed by atoms with Crippen LogP contribution in [0.25, 0.3) is 10.9 Å². The highest BCUT2D eigenvalue weighted by atomic mass is 32.1. The van der Waals surface area contributed by atoms with Gasteiger partial charge in [0.2, 0.25) is 0 Å². The Morgan fingerprint density at radius 2 is 1.79 bits per heavy atom. The maximum Gasteiger partial charge on any atom is 0.323 e. The quantitative estimate of drug-likeness (QED) is 0.201. The van der Waals surface area contributed by atoms with Crippen LogP contribution in [-0.2, 0) is 17.8 Å². The molecule has 0 aliphatic heterocycles. The van der Waals surface area contributed by atoms with Crippen molar-refractivity contribution >= 4 is 39.2 Å². The van der Waals surface area contributed by atoms with Crippen molar-refractivity contribution in [1.29, 1.82) is 0 Å². The fraction of sp³-hybridized carbons (Fsp3) is 0.424. The summed E-state index contributed by atoms with van der Waals surface area (Å²) in [6.07, 6.45) is 6.48. The number of carboxylic acid groups (broad SMARTS) is 1. The number of methoxy groups -OCH3 is 2. The Kier molecular flexibility index (Phi) is 8.87. The van der Waals surface area contributed by atoms with Gasteiger partial charge in [0.15, 0.2) is 5.13 Å². The molecule has 0 spiro atoms. The number of rotatable bonds is 10. The predicted octanol–water partition coefficient (Wildman–Crippen LogP) is 7.28. The average molecular weight is 590 g/mol. The van der Waals surface area contributed by atoms with Crippen molar-refractivity contribution in [3.05, 3.63) is 69.4 Å². The van der Waals surface area contributed by atoms with Gasteiger partial charge in [-0.15, -0.1) is 11.3 Å². The molecule has 42 heavy (non-hydrogen) atoms. The number of aliphatic carboxylic acids is 1. The molecule has 9 heteroatoms. The molecule has 0 saturated heterocycles. The van der Waals surface area contributed by atoms with E-state index in [0.717, 1.165) is 83.3 Å². The molecule has 5 rings (SSSR count). The maximum atomic E-state index is 13.4. The van der Waals surface area contributed by atoms with Gasteiger partial charge in [0.05, 0.1) is 19.9 Å². The molecule has 2 aromatic carbocycles. The van der Waals surface area contributed by atoms with Gasteiger partial charge in [-0.1, -0.05) is 11.6 Å². The molecule has 1 saturated carbocycles. The summed E-state index contributed by atoms with van der Waals surface area (Å²) >= 11 is 1.41. The number of nitrogens with one attached hydrogen (secondary N) is 1. The van der Waals surface area contributed by atoms with E-state index in [1.807, 2.05) is 44.4 Å². The van der Waals surface area contributed by atoms with E-state index in [-0.39, 0.29) is 12.5 Å². The summed E-state index contributed by atoms with van der Waals surface area (Å²) in [4.78, 5) is 29.7. The van der Waals surface area contributed by atoms with Crippen LogP contribution in [0.15, 0.2) is 35.7 Å². The Labute approximate surface area is 250 Å². The van der Waals surface area contributed by atoms with Crippen molar-refractivity contribution in [1.82, 2.24) is 9.55 Å².